The standard InChI is InChI=1S/C27H50NO6SSi2.CHF3O3S/c1-11-33-26-17-16-25(34-37(9,10)27(3,4)5)24(20-32-21-31-18-19-36(6,7)8)28(26)35(29,30)23-14-12-22(2)13-15-23;2-1(3,4)8(5,6)7/h12-15,25-26H,11,16-21H2,1-10H3;(H,5,6,7)/q+1;/p-1. The van der Waals surface area contributed by atoms with Crippen LogP contribution in [-0.4, -0.2) is 91.9 Å². The Morgan fingerprint density at radius 1 is 0.956 bits per heavy atom. The normalized spacial score (nSPS) is 18.9. The topological polar surface area (TPSA) is 131 Å². The second-order valence-electron chi connectivity index (χ2n) is 13.5. The maximum absolute atomic E-state index is 14.0. The minimum atomic E-state index is -6.09. The van der Waals surface area contributed by atoms with Crippen LogP contribution in [0.5, 0.6) is 0 Å². The summed E-state index contributed by atoms with van der Waals surface area (Å²) in [5.74, 6) is 0. The molecule has 17 heteroatoms. The molecular formula is C28H50F3NO9S2Si2. The lowest BCUT2D eigenvalue weighted by Gasteiger charge is -2.40. The first kappa shape index (κ1) is 41.8. The van der Waals surface area contributed by atoms with Crippen molar-refractivity contribution in [3.05, 3.63) is 29.8 Å². The Balaban J connectivity index is 0.00000111. The molecule has 0 amide bonds. The highest BCUT2D eigenvalue weighted by molar-refractivity contribution is 7.86. The van der Waals surface area contributed by atoms with E-state index in [0.717, 1.165) is 11.6 Å². The maximum Gasteiger partial charge on any atom is 0.485 e. The molecule has 0 bridgehead atoms. The lowest BCUT2D eigenvalue weighted by Crippen LogP contribution is -2.54. The number of halogens is 3. The van der Waals surface area contributed by atoms with Crippen molar-refractivity contribution in [2.24, 2.45) is 0 Å². The van der Waals surface area contributed by atoms with Gasteiger partial charge in [0.15, 0.2) is 18.4 Å². The van der Waals surface area contributed by atoms with Crippen LogP contribution in [0.2, 0.25) is 43.8 Å². The van der Waals surface area contributed by atoms with Gasteiger partial charge in [0.05, 0.1) is 6.61 Å². The monoisotopic (exact) mass is 721 g/mol. The van der Waals surface area contributed by atoms with Gasteiger partial charge < -0.3 is 23.2 Å². The second-order valence-corrected chi connectivity index (χ2v) is 27.1. The fourth-order valence-electron chi connectivity index (χ4n) is 3.84. The summed E-state index contributed by atoms with van der Waals surface area (Å²) < 4.78 is 113. The number of nitrogens with zero attached hydrogens (tertiary/aromatic N) is 1. The van der Waals surface area contributed by atoms with Crippen molar-refractivity contribution in [3.8, 4) is 0 Å². The first-order chi connectivity index (χ1) is 20.2. The Labute approximate surface area is 269 Å². The molecule has 0 radical (unpaired) electrons. The van der Waals surface area contributed by atoms with Crippen LogP contribution in [0, 0.1) is 6.92 Å². The molecule has 1 aliphatic rings. The molecule has 2 atom stereocenters. The highest BCUT2D eigenvalue weighted by Crippen LogP contribution is 2.39. The first-order valence-electron chi connectivity index (χ1n) is 14.7. The fraction of sp³-hybridized carbons (Fsp3) is 0.750. The second kappa shape index (κ2) is 16.3. The van der Waals surface area contributed by atoms with E-state index in [1.807, 2.05) is 26.0 Å². The highest BCUT2D eigenvalue weighted by atomic mass is 32.2. The van der Waals surface area contributed by atoms with Crippen molar-refractivity contribution in [3.63, 3.8) is 0 Å². The molecule has 0 N–H and O–H groups in total. The smallest absolute Gasteiger partial charge is 0.485 e. The number of alkyl halides is 3. The van der Waals surface area contributed by atoms with Crippen LogP contribution < -0.4 is 0 Å². The van der Waals surface area contributed by atoms with E-state index in [-0.39, 0.29) is 29.4 Å². The summed E-state index contributed by atoms with van der Waals surface area (Å²) in [4.78, 5) is 0.236. The first-order valence-corrected chi connectivity index (χ1v) is 24.1. The summed E-state index contributed by atoms with van der Waals surface area (Å²) in [6, 6.07) is 8.00. The lowest BCUT2D eigenvalue weighted by molar-refractivity contribution is -0.495. The van der Waals surface area contributed by atoms with Gasteiger partial charge in [-0.2, -0.15) is 21.6 Å². The Hall–Kier alpha value is -1.19. The summed E-state index contributed by atoms with van der Waals surface area (Å²) in [5, 5.41) is -0.0175. The van der Waals surface area contributed by atoms with E-state index in [2.05, 4.69) is 53.5 Å². The molecule has 2 unspecified atom stereocenters. The summed E-state index contributed by atoms with van der Waals surface area (Å²) in [5.41, 5.74) is -4.06. The Bertz CT molecular complexity index is 1340. The van der Waals surface area contributed by atoms with Gasteiger partial charge in [-0.25, -0.2) is 8.42 Å². The molecule has 1 heterocycles. The zero-order valence-electron chi connectivity index (χ0n) is 28.0. The number of aryl methyl sites for hydroxylation is 1. The SMILES string of the molecule is CCOC1CCC(O[Si](C)(C)C(C)(C)C)C(COCOCC[Si](C)(C)C)=[N+]1S(=O)(=O)c1ccc(C)cc1.O=S(=O)([O-])C(F)(F)F. The quantitative estimate of drug-likeness (QED) is 0.0595. The third kappa shape index (κ3) is 13.1. The molecule has 0 saturated carbocycles. The van der Waals surface area contributed by atoms with E-state index in [4.69, 9.17) is 31.6 Å². The number of ether oxygens (including phenoxy) is 3. The van der Waals surface area contributed by atoms with Gasteiger partial charge in [-0.1, -0.05) is 62.1 Å². The number of sulfonamides is 1. The summed E-state index contributed by atoms with van der Waals surface area (Å²) in [7, 11) is -13.4. The van der Waals surface area contributed by atoms with Crippen molar-refractivity contribution in [2.45, 2.75) is 114 Å². The van der Waals surface area contributed by atoms with E-state index >= 15 is 0 Å². The third-order valence-corrected chi connectivity index (χ3v) is 16.1. The molecule has 0 fully saturated rings. The predicted octanol–water partition coefficient (Wildman–Crippen LogP) is 6.06. The van der Waals surface area contributed by atoms with E-state index in [9.17, 15) is 21.6 Å². The number of benzene rings is 1. The van der Waals surface area contributed by atoms with Crippen LogP contribution in [0.15, 0.2) is 29.2 Å². The van der Waals surface area contributed by atoms with Crippen molar-refractivity contribution in [1.82, 2.24) is 0 Å². The van der Waals surface area contributed by atoms with E-state index in [0.29, 0.717) is 31.8 Å². The fourth-order valence-corrected chi connectivity index (χ4v) is 7.58. The number of hydrogen-bond donors (Lipinski definition) is 0. The molecule has 45 heavy (non-hydrogen) atoms. The van der Waals surface area contributed by atoms with Gasteiger partial charge in [-0.05, 0) is 56.6 Å². The van der Waals surface area contributed by atoms with Gasteiger partial charge in [-0.3, -0.25) is 0 Å². The van der Waals surface area contributed by atoms with Crippen LogP contribution in [-0.2, 0) is 38.8 Å². The zero-order valence-corrected chi connectivity index (χ0v) is 31.6. The number of rotatable bonds is 13. The minimum absolute atomic E-state index is 0.0175. The van der Waals surface area contributed by atoms with Crippen LogP contribution in [0.25, 0.3) is 0 Å². The van der Waals surface area contributed by atoms with Crippen LogP contribution in [0.1, 0.15) is 46.1 Å². The van der Waals surface area contributed by atoms with Crippen LogP contribution >= 0.6 is 0 Å². The molecule has 262 valence electrons. The largest absolute Gasteiger partial charge is 0.741 e. The minimum Gasteiger partial charge on any atom is -0.741 e. The molecule has 10 nitrogen and oxygen atoms in total. The van der Waals surface area contributed by atoms with Gasteiger partial charge >= 0.3 is 15.5 Å². The van der Waals surface area contributed by atoms with Gasteiger partial charge in [-0.15, -0.1) is 0 Å². The molecular weight excluding hydrogens is 672 g/mol. The summed E-state index contributed by atoms with van der Waals surface area (Å²) >= 11 is 0. The molecule has 0 spiro atoms. The lowest BCUT2D eigenvalue weighted by atomic mass is 10.1. The maximum atomic E-state index is 14.0. The van der Waals surface area contributed by atoms with Crippen LogP contribution in [0.4, 0.5) is 13.2 Å². The van der Waals surface area contributed by atoms with Gasteiger partial charge in [0.25, 0.3) is 6.23 Å². The van der Waals surface area contributed by atoms with Crippen molar-refractivity contribution >= 4 is 42.2 Å². The van der Waals surface area contributed by atoms with E-state index in [1.54, 1.807) is 12.1 Å². The molecule has 0 aliphatic carbocycles. The summed E-state index contributed by atoms with van der Waals surface area (Å²) in [6.45, 7) is 23.0. The summed E-state index contributed by atoms with van der Waals surface area (Å²) in [6.07, 6.45) is 0.238. The third-order valence-electron chi connectivity index (χ3n) is 7.47. The van der Waals surface area contributed by atoms with Crippen molar-refractivity contribution < 1.29 is 57.2 Å². The molecule has 1 aromatic rings. The zero-order chi connectivity index (χ0) is 35.1. The van der Waals surface area contributed by atoms with E-state index in [1.165, 1.54) is 3.98 Å². The molecule has 1 aliphatic heterocycles. The molecule has 1 aromatic carbocycles. The Morgan fingerprint density at radius 3 is 1.93 bits per heavy atom. The average Bonchev–Trinajstić information content (AvgIpc) is 2.85. The number of hydrogen-bond acceptors (Lipinski definition) is 9. The van der Waals surface area contributed by atoms with Crippen LogP contribution in [0.3, 0.4) is 0 Å². The predicted molar refractivity (Wildman–Crippen MR) is 171 cm³/mol. The average molecular weight is 722 g/mol. The van der Waals surface area contributed by atoms with Crippen molar-refractivity contribution in [2.75, 3.05) is 26.6 Å². The van der Waals surface area contributed by atoms with E-state index < -0.39 is 48.3 Å². The molecule has 0 aromatic heterocycles. The van der Waals surface area contributed by atoms with Gasteiger partial charge in [0, 0.05) is 21.1 Å². The van der Waals surface area contributed by atoms with Gasteiger partial charge in [0.2, 0.25) is 5.71 Å². The highest BCUT2D eigenvalue weighted by Gasteiger charge is 2.49. The Kier molecular flexibility index (Phi) is 15.1. The van der Waals surface area contributed by atoms with Gasteiger partial charge in [0.1, 0.15) is 24.4 Å². The van der Waals surface area contributed by atoms with Crippen molar-refractivity contribution in [1.29, 1.82) is 0 Å². The molecule has 0 saturated heterocycles. The Morgan fingerprint density at radius 2 is 1.49 bits per heavy atom. The molecule has 2 rings (SSSR count).